The molecule has 1 aliphatic rings. The van der Waals surface area contributed by atoms with Crippen molar-refractivity contribution in [2.45, 2.75) is 19.8 Å². The summed E-state index contributed by atoms with van der Waals surface area (Å²) in [6, 6.07) is 7.80. The summed E-state index contributed by atoms with van der Waals surface area (Å²) >= 11 is 0. The molecule has 1 aromatic carbocycles. The van der Waals surface area contributed by atoms with Gasteiger partial charge in [0.15, 0.2) is 0 Å². The number of anilines is 1. The van der Waals surface area contributed by atoms with Crippen LogP contribution in [-0.4, -0.2) is 30.8 Å². The largest absolute Gasteiger partial charge is 0.399 e. The molecule has 7 heteroatoms. The summed E-state index contributed by atoms with van der Waals surface area (Å²) in [6.45, 7) is 4.22. The van der Waals surface area contributed by atoms with Gasteiger partial charge in [0.25, 0.3) is 0 Å². The highest BCUT2D eigenvalue weighted by atomic mass is 35.5. The van der Waals surface area contributed by atoms with Gasteiger partial charge in [-0.2, -0.15) is 0 Å². The van der Waals surface area contributed by atoms with E-state index < -0.39 is 0 Å². The minimum atomic E-state index is 0. The molecule has 0 aliphatic carbocycles. The van der Waals surface area contributed by atoms with Crippen LogP contribution in [0.25, 0.3) is 0 Å². The first kappa shape index (κ1) is 21.3. The quantitative estimate of drug-likeness (QED) is 0.344. The van der Waals surface area contributed by atoms with Crippen molar-refractivity contribution >= 4 is 36.3 Å². The molecular formula is C13H23Cl2N3O2. The number of aliphatic imine (C=N–C) groups is 1. The first-order valence-corrected chi connectivity index (χ1v) is 6.08. The van der Waals surface area contributed by atoms with Gasteiger partial charge in [-0.15, -0.1) is 24.8 Å². The summed E-state index contributed by atoms with van der Waals surface area (Å²) in [7, 11) is 0. The fourth-order valence-electron chi connectivity index (χ4n) is 1.51. The lowest BCUT2D eigenvalue weighted by atomic mass is 10.2. The zero-order valence-electron chi connectivity index (χ0n) is 11.5. The lowest BCUT2D eigenvalue weighted by molar-refractivity contribution is -0.242. The zero-order chi connectivity index (χ0) is 13.2. The number of hydrogen-bond acceptors (Lipinski definition) is 5. The number of nitrogens with one attached hydrogen (secondary N) is 1. The van der Waals surface area contributed by atoms with Crippen LogP contribution < -0.4 is 11.1 Å². The topological polar surface area (TPSA) is 79.9 Å². The number of nitrogen functional groups attached to an aromatic ring is 1. The van der Waals surface area contributed by atoms with Crippen molar-refractivity contribution in [1.29, 1.82) is 0 Å². The van der Waals surface area contributed by atoms with Crippen molar-refractivity contribution in [1.82, 2.24) is 5.32 Å². The second kappa shape index (κ2) is 13.0. The van der Waals surface area contributed by atoms with Crippen molar-refractivity contribution in [3.8, 4) is 0 Å². The monoisotopic (exact) mass is 323 g/mol. The van der Waals surface area contributed by atoms with Gasteiger partial charge in [0.05, 0.1) is 19.0 Å². The lowest BCUT2D eigenvalue weighted by Gasteiger charge is -1.98. The SMILES string of the molecule is Cc1ccccc1N.Cl.Cl.OOCCCC1=NCCN1. The molecule has 116 valence electrons. The van der Waals surface area contributed by atoms with Gasteiger partial charge in [-0.25, -0.2) is 4.89 Å². The third-order valence-electron chi connectivity index (χ3n) is 2.58. The van der Waals surface area contributed by atoms with E-state index in [2.05, 4.69) is 15.2 Å². The van der Waals surface area contributed by atoms with Crippen molar-refractivity contribution in [3.63, 3.8) is 0 Å². The molecule has 20 heavy (non-hydrogen) atoms. The molecule has 4 N–H and O–H groups in total. The van der Waals surface area contributed by atoms with Crippen LogP contribution in [0, 0.1) is 6.92 Å². The van der Waals surface area contributed by atoms with Gasteiger partial charge in [0.1, 0.15) is 0 Å². The van der Waals surface area contributed by atoms with Crippen LogP contribution in [0.1, 0.15) is 18.4 Å². The molecule has 0 bridgehead atoms. The van der Waals surface area contributed by atoms with Gasteiger partial charge in [-0.1, -0.05) is 18.2 Å². The summed E-state index contributed by atoms with van der Waals surface area (Å²) in [5.74, 6) is 1.04. The number of amidine groups is 1. The molecule has 5 nitrogen and oxygen atoms in total. The number of nitrogens with two attached hydrogens (primary N) is 1. The van der Waals surface area contributed by atoms with Gasteiger partial charge in [0, 0.05) is 18.7 Å². The zero-order valence-corrected chi connectivity index (χ0v) is 13.2. The lowest BCUT2D eigenvalue weighted by Crippen LogP contribution is -2.18. The maximum Gasteiger partial charge on any atom is 0.0965 e. The molecule has 0 atom stereocenters. The van der Waals surface area contributed by atoms with Crippen molar-refractivity contribution in [3.05, 3.63) is 29.8 Å². The summed E-state index contributed by atoms with van der Waals surface area (Å²) < 4.78 is 0. The van der Waals surface area contributed by atoms with Gasteiger partial charge >= 0.3 is 0 Å². The molecule has 2 rings (SSSR count). The molecule has 1 heterocycles. The molecule has 0 fully saturated rings. The van der Waals surface area contributed by atoms with Gasteiger partial charge in [0.2, 0.25) is 0 Å². The Bertz CT molecular complexity index is 369. The maximum absolute atomic E-state index is 7.98. The van der Waals surface area contributed by atoms with Crippen LogP contribution in [0.5, 0.6) is 0 Å². The molecule has 0 aromatic heterocycles. The van der Waals surface area contributed by atoms with E-state index >= 15 is 0 Å². The number of para-hydroxylation sites is 1. The highest BCUT2D eigenvalue weighted by molar-refractivity contribution is 5.85. The number of hydrogen-bond donors (Lipinski definition) is 3. The number of benzene rings is 1. The van der Waals surface area contributed by atoms with E-state index in [-0.39, 0.29) is 24.8 Å². The first-order chi connectivity index (χ1) is 8.74. The predicted molar refractivity (Wildman–Crippen MR) is 88.2 cm³/mol. The van der Waals surface area contributed by atoms with Gasteiger partial charge < -0.3 is 11.1 Å². The molecule has 0 saturated carbocycles. The molecule has 0 radical (unpaired) electrons. The Balaban J connectivity index is 0. The van der Waals surface area contributed by atoms with Crippen LogP contribution in [-0.2, 0) is 4.89 Å². The smallest absolute Gasteiger partial charge is 0.0965 e. The highest BCUT2D eigenvalue weighted by Crippen LogP contribution is 2.06. The van der Waals surface area contributed by atoms with E-state index in [4.69, 9.17) is 11.0 Å². The van der Waals surface area contributed by atoms with Crippen LogP contribution in [0.3, 0.4) is 0 Å². The van der Waals surface area contributed by atoms with E-state index in [1.165, 1.54) is 0 Å². The van der Waals surface area contributed by atoms with Crippen LogP contribution in [0.2, 0.25) is 0 Å². The Morgan fingerprint density at radius 2 is 2.05 bits per heavy atom. The fourth-order valence-corrected chi connectivity index (χ4v) is 1.51. The fraction of sp³-hybridized carbons (Fsp3) is 0.462. The summed E-state index contributed by atoms with van der Waals surface area (Å²) in [6.07, 6.45) is 1.70. The second-order valence-corrected chi connectivity index (χ2v) is 4.05. The molecular weight excluding hydrogens is 301 g/mol. The van der Waals surface area contributed by atoms with Gasteiger partial charge in [-0.05, 0) is 25.0 Å². The number of halogens is 2. The third kappa shape index (κ3) is 8.98. The minimum absolute atomic E-state index is 0. The molecule has 0 spiro atoms. The minimum Gasteiger partial charge on any atom is -0.399 e. The van der Waals surface area contributed by atoms with Crippen LogP contribution in [0.15, 0.2) is 29.3 Å². The van der Waals surface area contributed by atoms with E-state index in [1.54, 1.807) is 0 Å². The number of rotatable bonds is 4. The van der Waals surface area contributed by atoms with E-state index in [0.717, 1.165) is 43.0 Å². The Morgan fingerprint density at radius 1 is 1.35 bits per heavy atom. The van der Waals surface area contributed by atoms with Crippen LogP contribution in [0.4, 0.5) is 5.69 Å². The highest BCUT2D eigenvalue weighted by Gasteiger charge is 2.02. The Labute approximate surface area is 132 Å². The molecule has 0 saturated heterocycles. The number of nitrogens with zero attached hydrogens (tertiary/aromatic N) is 1. The molecule has 1 aromatic rings. The van der Waals surface area contributed by atoms with Crippen LogP contribution >= 0.6 is 24.8 Å². The summed E-state index contributed by atoms with van der Waals surface area (Å²) in [5.41, 5.74) is 7.53. The van der Waals surface area contributed by atoms with E-state index in [9.17, 15) is 0 Å². The average molecular weight is 324 g/mol. The second-order valence-electron chi connectivity index (χ2n) is 4.05. The molecule has 0 amide bonds. The first-order valence-electron chi connectivity index (χ1n) is 6.08. The van der Waals surface area contributed by atoms with E-state index in [1.807, 2.05) is 31.2 Å². The van der Waals surface area contributed by atoms with Crippen molar-refractivity contribution < 1.29 is 10.1 Å². The standard InChI is InChI=1S/C7H9N.C6H12N2O2.2ClH/c1-6-4-2-3-5-7(6)8;9-10-5-1-2-6-7-3-4-8-6;;/h2-5H,8H2,1H3;9H,1-5H2,(H,7,8);2*1H. The Morgan fingerprint density at radius 3 is 2.50 bits per heavy atom. The van der Waals surface area contributed by atoms with E-state index in [0.29, 0.717) is 6.61 Å². The molecule has 0 unspecified atom stereocenters. The van der Waals surface area contributed by atoms with Crippen molar-refractivity contribution in [2.24, 2.45) is 4.99 Å². The average Bonchev–Trinajstić information content (AvgIpc) is 2.87. The van der Waals surface area contributed by atoms with Crippen molar-refractivity contribution in [2.75, 3.05) is 25.4 Å². The third-order valence-corrected chi connectivity index (χ3v) is 2.58. The summed E-state index contributed by atoms with van der Waals surface area (Å²) in [5, 5.41) is 11.1. The Hall–Kier alpha value is -1.01. The van der Waals surface area contributed by atoms with Gasteiger partial charge in [-0.3, -0.25) is 10.2 Å². The summed E-state index contributed by atoms with van der Waals surface area (Å²) in [4.78, 5) is 8.09. The Kier molecular flexibility index (Phi) is 13.8. The predicted octanol–water partition coefficient (Wildman–Crippen LogP) is 2.68. The normalized spacial score (nSPS) is 12.0. The number of aryl methyl sites for hydroxylation is 1. The molecule has 1 aliphatic heterocycles. The maximum atomic E-state index is 7.98.